The van der Waals surface area contributed by atoms with Crippen molar-refractivity contribution in [3.8, 4) is 6.07 Å². The van der Waals surface area contributed by atoms with Gasteiger partial charge in [-0.15, -0.1) is 0 Å². The number of nitrogens with zero attached hydrogens (tertiary/aromatic N) is 1. The number of nitrogens with one attached hydrogen (secondary N) is 1. The number of hydrogen-bond donors (Lipinski definition) is 1. The van der Waals surface area contributed by atoms with Gasteiger partial charge in [0.15, 0.2) is 0 Å². The Labute approximate surface area is 98.1 Å². The number of amides is 1. The third-order valence-corrected chi connectivity index (χ3v) is 2.63. The molecule has 1 N–H and O–H groups in total. The van der Waals surface area contributed by atoms with Crippen LogP contribution in [0, 0.1) is 28.4 Å². The Bertz CT molecular complexity index is 482. The Morgan fingerprint density at radius 3 is 2.71 bits per heavy atom. The summed E-state index contributed by atoms with van der Waals surface area (Å²) < 4.78 is 26.1. The zero-order chi connectivity index (χ0) is 13.1. The standard InChI is InChI=1S/C12H12F2N2O/c1-3-12(2,7-15)11(17)16-10-6-8(13)4-5-9(10)14/h4-6H,3H2,1-2H3,(H,16,17). The van der Waals surface area contributed by atoms with Crippen molar-refractivity contribution < 1.29 is 13.6 Å². The molecule has 1 rings (SSSR count). The van der Waals surface area contributed by atoms with Crippen LogP contribution in [0.5, 0.6) is 0 Å². The van der Waals surface area contributed by atoms with E-state index in [0.717, 1.165) is 18.2 Å². The summed E-state index contributed by atoms with van der Waals surface area (Å²) in [6.45, 7) is 3.12. The summed E-state index contributed by atoms with van der Waals surface area (Å²) in [4.78, 5) is 11.7. The van der Waals surface area contributed by atoms with Crippen LogP contribution in [0.4, 0.5) is 14.5 Å². The van der Waals surface area contributed by atoms with E-state index in [4.69, 9.17) is 5.26 Å². The third-order valence-electron chi connectivity index (χ3n) is 2.63. The second kappa shape index (κ2) is 4.91. The van der Waals surface area contributed by atoms with E-state index >= 15 is 0 Å². The van der Waals surface area contributed by atoms with Gasteiger partial charge in [0.05, 0.1) is 11.8 Å². The molecule has 0 spiro atoms. The van der Waals surface area contributed by atoms with Crippen LogP contribution in [0.2, 0.25) is 0 Å². The molecule has 0 saturated heterocycles. The molecule has 0 aromatic heterocycles. The molecule has 1 unspecified atom stereocenters. The Hall–Kier alpha value is -1.96. The van der Waals surface area contributed by atoms with E-state index in [9.17, 15) is 13.6 Å². The Morgan fingerprint density at radius 2 is 2.18 bits per heavy atom. The molecule has 1 atom stereocenters. The highest BCUT2D eigenvalue weighted by Gasteiger charge is 2.31. The molecule has 0 radical (unpaired) electrons. The van der Waals surface area contributed by atoms with Crippen molar-refractivity contribution in [3.05, 3.63) is 29.8 Å². The number of hydrogen-bond acceptors (Lipinski definition) is 2. The molecule has 1 amide bonds. The van der Waals surface area contributed by atoms with Gasteiger partial charge in [-0.05, 0) is 25.5 Å². The van der Waals surface area contributed by atoms with Gasteiger partial charge in [-0.2, -0.15) is 5.26 Å². The van der Waals surface area contributed by atoms with Crippen molar-refractivity contribution in [2.45, 2.75) is 20.3 Å². The maximum Gasteiger partial charge on any atom is 0.244 e. The van der Waals surface area contributed by atoms with Crippen LogP contribution >= 0.6 is 0 Å². The highest BCUT2D eigenvalue weighted by molar-refractivity contribution is 5.96. The lowest BCUT2D eigenvalue weighted by Gasteiger charge is -2.18. The lowest BCUT2D eigenvalue weighted by Crippen LogP contribution is -2.31. The fourth-order valence-corrected chi connectivity index (χ4v) is 1.14. The van der Waals surface area contributed by atoms with Crippen LogP contribution < -0.4 is 5.32 Å². The summed E-state index contributed by atoms with van der Waals surface area (Å²) >= 11 is 0. The summed E-state index contributed by atoms with van der Waals surface area (Å²) in [5.74, 6) is -2.04. The monoisotopic (exact) mass is 238 g/mol. The SMILES string of the molecule is CCC(C)(C#N)C(=O)Nc1cc(F)ccc1F. The zero-order valence-electron chi connectivity index (χ0n) is 9.55. The number of benzene rings is 1. The first-order valence-corrected chi connectivity index (χ1v) is 5.10. The highest BCUT2D eigenvalue weighted by atomic mass is 19.1. The van der Waals surface area contributed by atoms with E-state index in [0.29, 0.717) is 0 Å². The molecule has 0 heterocycles. The molecule has 0 fully saturated rings. The first-order chi connectivity index (χ1) is 7.92. The fourth-order valence-electron chi connectivity index (χ4n) is 1.14. The van der Waals surface area contributed by atoms with Gasteiger partial charge in [-0.25, -0.2) is 8.78 Å². The smallest absolute Gasteiger partial charge is 0.244 e. The number of anilines is 1. The molecule has 0 saturated carbocycles. The van der Waals surface area contributed by atoms with Crippen LogP contribution in [0.3, 0.4) is 0 Å². The molecular weight excluding hydrogens is 226 g/mol. The first-order valence-electron chi connectivity index (χ1n) is 5.10. The van der Waals surface area contributed by atoms with E-state index in [2.05, 4.69) is 5.32 Å². The number of carbonyl (C=O) groups is 1. The lowest BCUT2D eigenvalue weighted by molar-refractivity contribution is -0.122. The second-order valence-electron chi connectivity index (χ2n) is 3.88. The molecule has 5 heteroatoms. The number of halogens is 2. The molecule has 90 valence electrons. The van der Waals surface area contributed by atoms with Crippen LogP contribution in [0.1, 0.15) is 20.3 Å². The van der Waals surface area contributed by atoms with E-state index in [-0.39, 0.29) is 12.1 Å². The van der Waals surface area contributed by atoms with Gasteiger partial charge in [-0.3, -0.25) is 4.79 Å². The van der Waals surface area contributed by atoms with Crippen LogP contribution in [0.25, 0.3) is 0 Å². The van der Waals surface area contributed by atoms with E-state index < -0.39 is 23.0 Å². The average molecular weight is 238 g/mol. The number of nitriles is 1. The molecular formula is C12H12F2N2O. The first kappa shape index (κ1) is 13.1. The Kier molecular flexibility index (Phi) is 3.79. The predicted octanol–water partition coefficient (Wildman–Crippen LogP) is 2.84. The van der Waals surface area contributed by atoms with Crippen molar-refractivity contribution in [2.24, 2.45) is 5.41 Å². The van der Waals surface area contributed by atoms with E-state index in [1.807, 2.05) is 6.07 Å². The lowest BCUT2D eigenvalue weighted by atomic mass is 9.88. The zero-order valence-corrected chi connectivity index (χ0v) is 9.55. The maximum atomic E-state index is 13.3. The Balaban J connectivity index is 2.96. The van der Waals surface area contributed by atoms with Crippen LogP contribution in [0.15, 0.2) is 18.2 Å². The predicted molar refractivity (Wildman–Crippen MR) is 59.0 cm³/mol. The minimum Gasteiger partial charge on any atom is -0.322 e. The third kappa shape index (κ3) is 2.78. The van der Waals surface area contributed by atoms with Crippen LogP contribution in [-0.4, -0.2) is 5.91 Å². The summed E-state index contributed by atoms with van der Waals surface area (Å²) in [5.41, 5.74) is -1.51. The summed E-state index contributed by atoms with van der Waals surface area (Å²) in [6, 6.07) is 4.60. The minimum atomic E-state index is -1.25. The summed E-state index contributed by atoms with van der Waals surface area (Å²) in [5, 5.41) is 11.1. The van der Waals surface area contributed by atoms with Crippen molar-refractivity contribution in [2.75, 3.05) is 5.32 Å². The van der Waals surface area contributed by atoms with Crippen molar-refractivity contribution in [1.82, 2.24) is 0 Å². The van der Waals surface area contributed by atoms with E-state index in [1.54, 1.807) is 6.92 Å². The normalized spacial score (nSPS) is 13.6. The molecule has 17 heavy (non-hydrogen) atoms. The molecule has 0 bridgehead atoms. The number of carbonyl (C=O) groups excluding carboxylic acids is 1. The quantitative estimate of drug-likeness (QED) is 0.880. The maximum absolute atomic E-state index is 13.3. The molecule has 1 aromatic rings. The topological polar surface area (TPSA) is 52.9 Å². The average Bonchev–Trinajstić information content (AvgIpc) is 2.32. The molecule has 0 aliphatic rings. The Morgan fingerprint density at radius 1 is 1.53 bits per heavy atom. The van der Waals surface area contributed by atoms with E-state index in [1.165, 1.54) is 6.92 Å². The van der Waals surface area contributed by atoms with Crippen LogP contribution in [-0.2, 0) is 4.79 Å². The largest absolute Gasteiger partial charge is 0.322 e. The van der Waals surface area contributed by atoms with Crippen molar-refractivity contribution >= 4 is 11.6 Å². The fraction of sp³-hybridized carbons (Fsp3) is 0.333. The van der Waals surface area contributed by atoms with Gasteiger partial charge >= 0.3 is 0 Å². The van der Waals surface area contributed by atoms with Gasteiger partial charge in [0.2, 0.25) is 5.91 Å². The summed E-state index contributed by atoms with van der Waals surface area (Å²) in [6.07, 6.45) is 0.284. The van der Waals surface area contributed by atoms with Gasteiger partial charge in [0.1, 0.15) is 17.0 Å². The second-order valence-corrected chi connectivity index (χ2v) is 3.88. The minimum absolute atomic E-state index is 0.259. The molecule has 0 aliphatic carbocycles. The summed E-state index contributed by atoms with van der Waals surface area (Å²) in [7, 11) is 0. The molecule has 0 aliphatic heterocycles. The van der Waals surface area contributed by atoms with Crippen molar-refractivity contribution in [1.29, 1.82) is 5.26 Å². The van der Waals surface area contributed by atoms with Gasteiger partial charge < -0.3 is 5.32 Å². The van der Waals surface area contributed by atoms with Gasteiger partial charge in [0.25, 0.3) is 0 Å². The molecule has 3 nitrogen and oxygen atoms in total. The number of rotatable bonds is 3. The van der Waals surface area contributed by atoms with Crippen molar-refractivity contribution in [3.63, 3.8) is 0 Å². The molecule has 1 aromatic carbocycles. The van der Waals surface area contributed by atoms with Gasteiger partial charge in [-0.1, -0.05) is 6.92 Å². The van der Waals surface area contributed by atoms with Gasteiger partial charge in [0, 0.05) is 6.07 Å². The highest BCUT2D eigenvalue weighted by Crippen LogP contribution is 2.23.